The van der Waals surface area contributed by atoms with Gasteiger partial charge >= 0.3 is 0 Å². The molecule has 1 aromatic carbocycles. The van der Waals surface area contributed by atoms with Gasteiger partial charge in [-0.2, -0.15) is 0 Å². The summed E-state index contributed by atoms with van der Waals surface area (Å²) in [6, 6.07) is 5.70. The Morgan fingerprint density at radius 2 is 2.00 bits per heavy atom. The molecule has 84 valence electrons. The van der Waals surface area contributed by atoms with Gasteiger partial charge in [-0.15, -0.1) is 0 Å². The van der Waals surface area contributed by atoms with Crippen molar-refractivity contribution in [2.75, 3.05) is 7.11 Å². The Morgan fingerprint density at radius 3 is 2.69 bits per heavy atom. The lowest BCUT2D eigenvalue weighted by Crippen LogP contribution is -1.94. The van der Waals surface area contributed by atoms with Gasteiger partial charge in [-0.1, -0.05) is 27.5 Å². The maximum absolute atomic E-state index is 6.23. The van der Waals surface area contributed by atoms with Gasteiger partial charge in [0.05, 0.1) is 22.8 Å². The van der Waals surface area contributed by atoms with E-state index >= 15 is 0 Å². The fraction of sp³-hybridized carbons (Fsp3) is 0.182. The zero-order valence-electron chi connectivity index (χ0n) is 8.43. The molecule has 0 saturated carbocycles. The SMILES string of the molecule is COCc1cc(Cl)c2c(Br)ccc(Br)c2n1. The standard InChI is InChI=1S/C11H8Br2ClNO/c1-16-5-6-4-9(14)10-7(12)2-3-8(13)11(10)15-6/h2-4H,5H2,1H3. The molecular formula is C11H8Br2ClNO. The monoisotopic (exact) mass is 363 g/mol. The molecule has 0 atom stereocenters. The number of benzene rings is 1. The minimum atomic E-state index is 0.453. The summed E-state index contributed by atoms with van der Waals surface area (Å²) in [5.41, 5.74) is 1.66. The van der Waals surface area contributed by atoms with Gasteiger partial charge in [-0.3, -0.25) is 0 Å². The van der Waals surface area contributed by atoms with Crippen molar-refractivity contribution in [3.05, 3.63) is 37.9 Å². The van der Waals surface area contributed by atoms with Crippen molar-refractivity contribution in [1.82, 2.24) is 4.98 Å². The van der Waals surface area contributed by atoms with Crippen molar-refractivity contribution in [2.24, 2.45) is 0 Å². The number of rotatable bonds is 2. The van der Waals surface area contributed by atoms with Gasteiger partial charge in [0.25, 0.3) is 0 Å². The predicted molar refractivity (Wildman–Crippen MR) is 72.9 cm³/mol. The Morgan fingerprint density at radius 1 is 1.31 bits per heavy atom. The second-order valence-corrected chi connectivity index (χ2v) is 5.40. The van der Waals surface area contributed by atoms with Crippen LogP contribution in [0.4, 0.5) is 0 Å². The first-order valence-corrected chi connectivity index (χ1v) is 6.52. The Hall–Kier alpha value is -0.160. The zero-order chi connectivity index (χ0) is 11.7. The van der Waals surface area contributed by atoms with Crippen LogP contribution < -0.4 is 0 Å². The molecule has 2 rings (SSSR count). The number of pyridine rings is 1. The molecule has 2 nitrogen and oxygen atoms in total. The summed E-state index contributed by atoms with van der Waals surface area (Å²) in [4.78, 5) is 4.50. The van der Waals surface area contributed by atoms with Crippen LogP contribution in [-0.2, 0) is 11.3 Å². The van der Waals surface area contributed by atoms with E-state index in [1.165, 1.54) is 0 Å². The average Bonchev–Trinajstić information content (AvgIpc) is 2.23. The molecule has 0 bridgehead atoms. The summed E-state index contributed by atoms with van der Waals surface area (Å²) in [5.74, 6) is 0. The first kappa shape index (κ1) is 12.3. The maximum Gasteiger partial charge on any atom is 0.0884 e. The average molecular weight is 365 g/mol. The lowest BCUT2D eigenvalue weighted by Gasteiger charge is -2.07. The molecule has 0 spiro atoms. The molecule has 16 heavy (non-hydrogen) atoms. The zero-order valence-corrected chi connectivity index (χ0v) is 12.4. The van der Waals surface area contributed by atoms with Gasteiger partial charge in [-0.25, -0.2) is 4.98 Å². The predicted octanol–water partition coefficient (Wildman–Crippen LogP) is 4.56. The van der Waals surface area contributed by atoms with E-state index in [0.717, 1.165) is 25.5 Å². The molecule has 2 aromatic rings. The lowest BCUT2D eigenvalue weighted by molar-refractivity contribution is 0.182. The number of nitrogens with zero attached hydrogens (tertiary/aromatic N) is 1. The Labute approximate surface area is 115 Å². The second kappa shape index (κ2) is 5.00. The summed E-state index contributed by atoms with van der Waals surface area (Å²) in [5, 5.41) is 1.58. The molecule has 0 aliphatic rings. The molecule has 0 radical (unpaired) electrons. The summed E-state index contributed by atoms with van der Waals surface area (Å²) in [7, 11) is 1.63. The normalized spacial score (nSPS) is 11.0. The van der Waals surface area contributed by atoms with E-state index < -0.39 is 0 Å². The van der Waals surface area contributed by atoms with Crippen molar-refractivity contribution >= 4 is 54.4 Å². The first-order chi connectivity index (χ1) is 7.63. The highest BCUT2D eigenvalue weighted by molar-refractivity contribution is 9.11. The van der Waals surface area contributed by atoms with Gasteiger partial charge in [0.2, 0.25) is 0 Å². The summed E-state index contributed by atoms with van der Waals surface area (Å²) in [6.45, 7) is 0.453. The first-order valence-electron chi connectivity index (χ1n) is 4.55. The minimum Gasteiger partial charge on any atom is -0.378 e. The van der Waals surface area contributed by atoms with Crippen LogP contribution in [0.5, 0.6) is 0 Å². The molecule has 0 N–H and O–H groups in total. The van der Waals surface area contributed by atoms with E-state index in [9.17, 15) is 0 Å². The van der Waals surface area contributed by atoms with Crippen molar-refractivity contribution in [3.63, 3.8) is 0 Å². The number of ether oxygens (including phenoxy) is 1. The van der Waals surface area contributed by atoms with Crippen LogP contribution in [0.25, 0.3) is 10.9 Å². The van der Waals surface area contributed by atoms with Crippen LogP contribution in [0.2, 0.25) is 5.02 Å². The smallest absolute Gasteiger partial charge is 0.0884 e. The van der Waals surface area contributed by atoms with Gasteiger partial charge in [0, 0.05) is 21.4 Å². The highest BCUT2D eigenvalue weighted by Gasteiger charge is 2.10. The van der Waals surface area contributed by atoms with E-state index in [0.29, 0.717) is 11.6 Å². The molecule has 5 heteroatoms. The molecule has 0 saturated heterocycles. The summed E-state index contributed by atoms with van der Waals surface area (Å²) in [6.07, 6.45) is 0. The van der Waals surface area contributed by atoms with Crippen molar-refractivity contribution in [2.45, 2.75) is 6.61 Å². The maximum atomic E-state index is 6.23. The molecule has 1 heterocycles. The van der Waals surface area contributed by atoms with Crippen LogP contribution >= 0.6 is 43.5 Å². The van der Waals surface area contributed by atoms with Crippen LogP contribution in [-0.4, -0.2) is 12.1 Å². The second-order valence-electron chi connectivity index (χ2n) is 3.28. The number of fused-ring (bicyclic) bond motifs is 1. The number of aromatic nitrogens is 1. The highest BCUT2D eigenvalue weighted by Crippen LogP contribution is 2.34. The topological polar surface area (TPSA) is 22.1 Å². The van der Waals surface area contributed by atoms with E-state index in [-0.39, 0.29) is 0 Å². The summed E-state index contributed by atoms with van der Waals surface area (Å²) >= 11 is 13.2. The quantitative estimate of drug-likeness (QED) is 0.778. The fourth-order valence-electron chi connectivity index (χ4n) is 1.49. The molecular weight excluding hydrogens is 357 g/mol. The Kier molecular flexibility index (Phi) is 3.85. The Bertz CT molecular complexity index is 545. The van der Waals surface area contributed by atoms with E-state index in [1.807, 2.05) is 18.2 Å². The molecule has 1 aromatic heterocycles. The van der Waals surface area contributed by atoms with Crippen LogP contribution in [0.3, 0.4) is 0 Å². The Balaban J connectivity index is 2.76. The largest absolute Gasteiger partial charge is 0.378 e. The third kappa shape index (κ3) is 2.25. The highest BCUT2D eigenvalue weighted by atomic mass is 79.9. The third-order valence-electron chi connectivity index (χ3n) is 2.16. The van der Waals surface area contributed by atoms with Crippen LogP contribution in [0, 0.1) is 0 Å². The van der Waals surface area contributed by atoms with E-state index in [4.69, 9.17) is 16.3 Å². The molecule has 0 amide bonds. The van der Waals surface area contributed by atoms with Crippen molar-refractivity contribution in [1.29, 1.82) is 0 Å². The van der Waals surface area contributed by atoms with Crippen LogP contribution in [0.15, 0.2) is 27.1 Å². The van der Waals surface area contributed by atoms with Gasteiger partial charge in [-0.05, 0) is 34.1 Å². The number of hydrogen-bond acceptors (Lipinski definition) is 2. The van der Waals surface area contributed by atoms with Crippen molar-refractivity contribution < 1.29 is 4.74 Å². The lowest BCUT2D eigenvalue weighted by atomic mass is 10.2. The molecule has 0 aliphatic carbocycles. The number of hydrogen-bond donors (Lipinski definition) is 0. The summed E-state index contributed by atoms with van der Waals surface area (Å²) < 4.78 is 6.91. The van der Waals surface area contributed by atoms with Gasteiger partial charge in [0.1, 0.15) is 0 Å². The number of halogens is 3. The molecule has 0 unspecified atom stereocenters. The van der Waals surface area contributed by atoms with Crippen LogP contribution in [0.1, 0.15) is 5.69 Å². The van der Waals surface area contributed by atoms with Crippen molar-refractivity contribution in [3.8, 4) is 0 Å². The molecule has 0 fully saturated rings. The fourth-order valence-corrected chi connectivity index (χ4v) is 2.88. The van der Waals surface area contributed by atoms with E-state index in [1.54, 1.807) is 7.11 Å². The molecule has 0 aliphatic heterocycles. The van der Waals surface area contributed by atoms with E-state index in [2.05, 4.69) is 36.8 Å². The minimum absolute atomic E-state index is 0.453. The third-order valence-corrected chi connectivity index (χ3v) is 3.76. The van der Waals surface area contributed by atoms with Gasteiger partial charge in [0.15, 0.2) is 0 Å². The number of methoxy groups -OCH3 is 1. The van der Waals surface area contributed by atoms with Gasteiger partial charge < -0.3 is 4.74 Å².